The fraction of sp³-hybridized carbons (Fsp3) is 0. The molecule has 0 bridgehead atoms. The number of fused-ring (bicyclic) bond motifs is 3. The van der Waals surface area contributed by atoms with Gasteiger partial charge in [-0.3, -0.25) is 0 Å². The summed E-state index contributed by atoms with van der Waals surface area (Å²) in [6.07, 6.45) is 0. The van der Waals surface area contributed by atoms with E-state index in [-0.39, 0.29) is 0 Å². The summed E-state index contributed by atoms with van der Waals surface area (Å²) in [6.45, 7) is 0. The summed E-state index contributed by atoms with van der Waals surface area (Å²) >= 11 is 0. The van der Waals surface area contributed by atoms with Gasteiger partial charge in [0, 0.05) is 33.2 Å². The van der Waals surface area contributed by atoms with E-state index in [9.17, 15) is 0 Å². The van der Waals surface area contributed by atoms with Crippen molar-refractivity contribution in [3.63, 3.8) is 0 Å². The van der Waals surface area contributed by atoms with Crippen molar-refractivity contribution in [1.82, 2.24) is 14.5 Å². The molecule has 8 aromatic carbocycles. The first-order valence-electron chi connectivity index (χ1n) is 16.0. The maximum atomic E-state index is 5.26. The van der Waals surface area contributed by atoms with Crippen molar-refractivity contribution < 1.29 is 0 Å². The highest BCUT2D eigenvalue weighted by molar-refractivity contribution is 6.25. The Morgan fingerprint density at radius 1 is 0.383 bits per heavy atom. The number of hydrogen-bond donors (Lipinski definition) is 0. The van der Waals surface area contributed by atoms with Crippen molar-refractivity contribution in [3.8, 4) is 39.6 Å². The van der Waals surface area contributed by atoms with Crippen molar-refractivity contribution in [3.05, 3.63) is 164 Å². The first-order valence-corrected chi connectivity index (χ1v) is 16.0. The Hall–Kier alpha value is -6.32. The SMILES string of the molecule is c1ccc(-c2cc(-c3ccc(-n4c5ccccc5c5ccccc54)cc3)nc(-c3ccc4ccc5cccc6ccc3c4c56)n2)cc1. The Balaban J connectivity index is 1.16. The van der Waals surface area contributed by atoms with E-state index in [4.69, 9.17) is 9.97 Å². The second-order valence-corrected chi connectivity index (χ2v) is 12.2. The molecule has 10 rings (SSSR count). The normalized spacial score (nSPS) is 11.8. The van der Waals surface area contributed by atoms with Crippen molar-refractivity contribution >= 4 is 54.1 Å². The molecule has 0 spiro atoms. The van der Waals surface area contributed by atoms with Crippen LogP contribution in [0.2, 0.25) is 0 Å². The quantitative estimate of drug-likeness (QED) is 0.189. The predicted molar refractivity (Wildman–Crippen MR) is 196 cm³/mol. The lowest BCUT2D eigenvalue weighted by molar-refractivity contribution is 1.17. The van der Waals surface area contributed by atoms with E-state index in [1.165, 1.54) is 54.1 Å². The summed E-state index contributed by atoms with van der Waals surface area (Å²) in [4.78, 5) is 10.4. The van der Waals surface area contributed by atoms with Gasteiger partial charge < -0.3 is 4.57 Å². The second-order valence-electron chi connectivity index (χ2n) is 12.2. The maximum absolute atomic E-state index is 5.26. The zero-order chi connectivity index (χ0) is 30.9. The summed E-state index contributed by atoms with van der Waals surface area (Å²) in [5.74, 6) is 0.728. The number of hydrogen-bond acceptors (Lipinski definition) is 2. The molecule has 2 aromatic heterocycles. The summed E-state index contributed by atoms with van der Waals surface area (Å²) < 4.78 is 2.35. The van der Waals surface area contributed by atoms with Crippen LogP contribution in [0.5, 0.6) is 0 Å². The maximum Gasteiger partial charge on any atom is 0.161 e. The first-order chi connectivity index (χ1) is 23.3. The van der Waals surface area contributed by atoms with Crippen LogP contribution in [0.3, 0.4) is 0 Å². The van der Waals surface area contributed by atoms with Gasteiger partial charge in [-0.1, -0.05) is 127 Å². The minimum Gasteiger partial charge on any atom is -0.309 e. The number of aromatic nitrogens is 3. The largest absolute Gasteiger partial charge is 0.309 e. The molecule has 0 saturated heterocycles. The standard InChI is InChI=1S/C44H27N3/c1-2-9-28(10-3-1)38-27-39(29-19-23-33(24-20-29)47-40-15-6-4-13-34(40)35-14-5-7-16-41(35)47)46-44(45-38)37-26-22-32-18-17-30-11-8-12-31-21-25-36(37)43(32)42(30)31/h1-27H. The van der Waals surface area contributed by atoms with E-state index in [1.54, 1.807) is 0 Å². The molecule has 0 aliphatic carbocycles. The average Bonchev–Trinajstić information content (AvgIpc) is 3.48. The Kier molecular flexibility index (Phi) is 5.57. The number of benzene rings is 8. The third kappa shape index (κ3) is 4.00. The molecule has 0 radical (unpaired) electrons. The molecule has 0 aliphatic heterocycles. The van der Waals surface area contributed by atoms with E-state index >= 15 is 0 Å². The third-order valence-corrected chi connectivity index (χ3v) is 9.57. The minimum atomic E-state index is 0.728. The molecule has 0 saturated carbocycles. The molecule has 3 heteroatoms. The lowest BCUT2D eigenvalue weighted by Gasteiger charge is -2.15. The molecule has 0 atom stereocenters. The lowest BCUT2D eigenvalue weighted by atomic mass is 9.91. The zero-order valence-corrected chi connectivity index (χ0v) is 25.4. The summed E-state index contributed by atoms with van der Waals surface area (Å²) in [5.41, 5.74) is 8.48. The van der Waals surface area contributed by atoms with Gasteiger partial charge in [0.05, 0.1) is 22.4 Å². The lowest BCUT2D eigenvalue weighted by Crippen LogP contribution is -1.98. The molecule has 3 nitrogen and oxygen atoms in total. The predicted octanol–water partition coefficient (Wildman–Crippen LogP) is 11.5. The van der Waals surface area contributed by atoms with Crippen LogP contribution in [0, 0.1) is 0 Å². The Morgan fingerprint density at radius 3 is 1.62 bits per heavy atom. The van der Waals surface area contributed by atoms with Gasteiger partial charge >= 0.3 is 0 Å². The van der Waals surface area contributed by atoms with Crippen molar-refractivity contribution in [1.29, 1.82) is 0 Å². The number of rotatable bonds is 4. The van der Waals surface area contributed by atoms with Crippen molar-refractivity contribution in [2.75, 3.05) is 0 Å². The van der Waals surface area contributed by atoms with Gasteiger partial charge in [0.2, 0.25) is 0 Å². The first kappa shape index (κ1) is 26.0. The monoisotopic (exact) mass is 597 g/mol. The third-order valence-electron chi connectivity index (χ3n) is 9.57. The van der Waals surface area contributed by atoms with Crippen LogP contribution >= 0.6 is 0 Å². The molecule has 0 N–H and O–H groups in total. The zero-order valence-electron chi connectivity index (χ0n) is 25.4. The minimum absolute atomic E-state index is 0.728. The van der Waals surface area contributed by atoms with Gasteiger partial charge in [0.15, 0.2) is 5.82 Å². The molecule has 0 aliphatic rings. The fourth-order valence-corrected chi connectivity index (χ4v) is 7.38. The molecule has 47 heavy (non-hydrogen) atoms. The Morgan fingerprint density at radius 2 is 0.936 bits per heavy atom. The molecule has 0 amide bonds. The van der Waals surface area contributed by atoms with Crippen LogP contribution in [-0.4, -0.2) is 14.5 Å². The van der Waals surface area contributed by atoms with Gasteiger partial charge in [-0.25, -0.2) is 9.97 Å². The van der Waals surface area contributed by atoms with E-state index in [0.29, 0.717) is 0 Å². The second kappa shape index (κ2) is 10.1. The molecular weight excluding hydrogens is 571 g/mol. The van der Waals surface area contributed by atoms with Crippen LogP contribution in [0.4, 0.5) is 0 Å². The number of nitrogens with zero attached hydrogens (tertiary/aromatic N) is 3. The van der Waals surface area contributed by atoms with E-state index < -0.39 is 0 Å². The van der Waals surface area contributed by atoms with Gasteiger partial charge in [-0.15, -0.1) is 0 Å². The van der Waals surface area contributed by atoms with Gasteiger partial charge in [0.1, 0.15) is 0 Å². The summed E-state index contributed by atoms with van der Waals surface area (Å²) in [7, 11) is 0. The smallest absolute Gasteiger partial charge is 0.161 e. The van der Waals surface area contributed by atoms with Gasteiger partial charge in [-0.2, -0.15) is 0 Å². The number of para-hydroxylation sites is 2. The van der Waals surface area contributed by atoms with Crippen LogP contribution in [0.25, 0.3) is 93.7 Å². The van der Waals surface area contributed by atoms with Gasteiger partial charge in [-0.05, 0) is 68.7 Å². The Bertz CT molecular complexity index is 2710. The molecule has 218 valence electrons. The summed E-state index contributed by atoms with van der Waals surface area (Å²) in [5, 5.41) is 9.98. The van der Waals surface area contributed by atoms with E-state index in [2.05, 4.69) is 162 Å². The van der Waals surface area contributed by atoms with Crippen molar-refractivity contribution in [2.24, 2.45) is 0 Å². The highest BCUT2D eigenvalue weighted by atomic mass is 15.0. The Labute approximate surface area is 271 Å². The summed E-state index contributed by atoms with van der Waals surface area (Å²) in [6, 6.07) is 58.4. The molecule has 0 unspecified atom stereocenters. The van der Waals surface area contributed by atoms with Crippen LogP contribution in [0.15, 0.2) is 164 Å². The van der Waals surface area contributed by atoms with Crippen LogP contribution < -0.4 is 0 Å². The highest BCUT2D eigenvalue weighted by Crippen LogP contribution is 2.40. The molecule has 0 fully saturated rings. The van der Waals surface area contributed by atoms with Gasteiger partial charge in [0.25, 0.3) is 0 Å². The molecular formula is C44H27N3. The topological polar surface area (TPSA) is 30.7 Å². The van der Waals surface area contributed by atoms with E-state index in [0.717, 1.165) is 39.6 Å². The molecule has 2 heterocycles. The fourth-order valence-electron chi connectivity index (χ4n) is 7.38. The molecule has 10 aromatic rings. The van der Waals surface area contributed by atoms with Crippen molar-refractivity contribution in [2.45, 2.75) is 0 Å². The highest BCUT2D eigenvalue weighted by Gasteiger charge is 2.17. The van der Waals surface area contributed by atoms with Crippen LogP contribution in [-0.2, 0) is 0 Å². The van der Waals surface area contributed by atoms with Crippen LogP contribution in [0.1, 0.15) is 0 Å². The average molecular weight is 598 g/mol. The van der Waals surface area contributed by atoms with E-state index in [1.807, 2.05) is 6.07 Å².